The van der Waals surface area contributed by atoms with Gasteiger partial charge in [0.1, 0.15) is 0 Å². The minimum atomic E-state index is 0. The van der Waals surface area contributed by atoms with Gasteiger partial charge in [0.25, 0.3) is 0 Å². The second-order valence-corrected chi connectivity index (χ2v) is 5.14. The number of ether oxygens (including phenoxy) is 1. The van der Waals surface area contributed by atoms with Crippen LogP contribution in [0.3, 0.4) is 0 Å². The third-order valence-corrected chi connectivity index (χ3v) is 3.45. The smallest absolute Gasteiger partial charge is 0.218 e. The average molecular weight is 440 g/mol. The molecular formula is C18H25IN4O. The van der Waals surface area contributed by atoms with Crippen molar-refractivity contribution in [1.29, 1.82) is 0 Å². The summed E-state index contributed by atoms with van der Waals surface area (Å²) in [4.78, 5) is 8.83. The van der Waals surface area contributed by atoms with E-state index < -0.39 is 0 Å². The van der Waals surface area contributed by atoms with Crippen LogP contribution in [0.2, 0.25) is 0 Å². The van der Waals surface area contributed by atoms with E-state index in [1.165, 1.54) is 5.56 Å². The molecule has 1 atom stereocenters. The monoisotopic (exact) mass is 440 g/mol. The molecule has 2 aromatic rings. The summed E-state index contributed by atoms with van der Waals surface area (Å²) < 4.78 is 5.27. The van der Waals surface area contributed by atoms with Crippen molar-refractivity contribution >= 4 is 29.9 Å². The fourth-order valence-electron chi connectivity index (χ4n) is 2.24. The van der Waals surface area contributed by atoms with Gasteiger partial charge in [0.2, 0.25) is 5.88 Å². The van der Waals surface area contributed by atoms with E-state index in [9.17, 15) is 0 Å². The molecular weight excluding hydrogens is 415 g/mol. The maximum Gasteiger partial charge on any atom is 0.218 e. The van der Waals surface area contributed by atoms with Crippen molar-refractivity contribution in [2.75, 3.05) is 13.7 Å². The number of nitrogens with one attached hydrogen (secondary N) is 2. The van der Waals surface area contributed by atoms with E-state index >= 15 is 0 Å². The summed E-state index contributed by atoms with van der Waals surface area (Å²) in [5.41, 5.74) is 2.18. The number of methoxy groups -OCH3 is 1. The number of pyridine rings is 1. The number of rotatable bonds is 6. The molecule has 1 unspecified atom stereocenters. The normalized spacial score (nSPS) is 12.0. The van der Waals surface area contributed by atoms with E-state index in [-0.39, 0.29) is 30.0 Å². The molecule has 1 aromatic heterocycles. The zero-order chi connectivity index (χ0) is 16.5. The highest BCUT2D eigenvalue weighted by atomic mass is 127. The van der Waals surface area contributed by atoms with Crippen molar-refractivity contribution in [3.05, 3.63) is 59.8 Å². The Balaban J connectivity index is 0.00000288. The number of nitrogens with zero attached hydrogens (tertiary/aromatic N) is 2. The molecule has 0 aliphatic rings. The number of aliphatic imine (C=N–C) groups is 1. The van der Waals surface area contributed by atoms with E-state index in [2.05, 4.69) is 46.6 Å². The van der Waals surface area contributed by atoms with Crippen LogP contribution in [0.25, 0.3) is 0 Å². The molecule has 0 aliphatic carbocycles. The van der Waals surface area contributed by atoms with Gasteiger partial charge in [-0.05, 0) is 25.5 Å². The second-order valence-electron chi connectivity index (χ2n) is 5.14. The van der Waals surface area contributed by atoms with Crippen LogP contribution >= 0.6 is 24.0 Å². The molecule has 6 heteroatoms. The van der Waals surface area contributed by atoms with Crippen molar-refractivity contribution in [2.24, 2.45) is 4.99 Å². The number of guanidine groups is 1. The molecule has 0 bridgehead atoms. The topological polar surface area (TPSA) is 58.5 Å². The highest BCUT2D eigenvalue weighted by molar-refractivity contribution is 14.0. The largest absolute Gasteiger partial charge is 0.481 e. The fourth-order valence-corrected chi connectivity index (χ4v) is 2.24. The Morgan fingerprint density at radius 2 is 1.96 bits per heavy atom. The van der Waals surface area contributed by atoms with Crippen molar-refractivity contribution in [3.8, 4) is 5.88 Å². The molecule has 24 heavy (non-hydrogen) atoms. The summed E-state index contributed by atoms with van der Waals surface area (Å²) >= 11 is 0. The third-order valence-electron chi connectivity index (χ3n) is 3.45. The van der Waals surface area contributed by atoms with Crippen molar-refractivity contribution in [2.45, 2.75) is 26.4 Å². The van der Waals surface area contributed by atoms with Crippen LogP contribution in [-0.2, 0) is 6.54 Å². The van der Waals surface area contributed by atoms with Gasteiger partial charge in [-0.1, -0.05) is 36.4 Å². The molecule has 0 amide bonds. The Bertz CT molecular complexity index is 634. The Kier molecular flexibility index (Phi) is 9.14. The number of halogens is 1. The Morgan fingerprint density at radius 3 is 2.62 bits per heavy atom. The van der Waals surface area contributed by atoms with E-state index in [1.807, 2.05) is 30.3 Å². The summed E-state index contributed by atoms with van der Waals surface area (Å²) in [6, 6.07) is 14.3. The molecule has 0 spiro atoms. The SMILES string of the molecule is CCNC(=NCc1cccnc1OC)NC(C)c1ccccc1.I. The van der Waals surface area contributed by atoms with Gasteiger partial charge in [-0.15, -0.1) is 24.0 Å². The Morgan fingerprint density at radius 1 is 1.21 bits per heavy atom. The second kappa shape index (κ2) is 10.9. The van der Waals surface area contributed by atoms with Gasteiger partial charge >= 0.3 is 0 Å². The zero-order valence-corrected chi connectivity index (χ0v) is 16.7. The van der Waals surface area contributed by atoms with Gasteiger partial charge in [-0.3, -0.25) is 0 Å². The predicted octanol–water partition coefficient (Wildman–Crippen LogP) is 3.52. The van der Waals surface area contributed by atoms with Crippen molar-refractivity contribution in [3.63, 3.8) is 0 Å². The lowest BCUT2D eigenvalue weighted by molar-refractivity contribution is 0.392. The van der Waals surface area contributed by atoms with Crippen molar-refractivity contribution in [1.82, 2.24) is 15.6 Å². The number of benzene rings is 1. The maximum atomic E-state index is 5.27. The lowest BCUT2D eigenvalue weighted by Gasteiger charge is -2.18. The third kappa shape index (κ3) is 5.99. The summed E-state index contributed by atoms with van der Waals surface area (Å²) in [5.74, 6) is 1.39. The van der Waals surface area contributed by atoms with Crippen molar-refractivity contribution < 1.29 is 4.74 Å². The molecule has 0 aliphatic heterocycles. The first-order valence-corrected chi connectivity index (χ1v) is 7.82. The van der Waals surface area contributed by atoms with E-state index in [1.54, 1.807) is 13.3 Å². The molecule has 0 saturated heterocycles. The van der Waals surface area contributed by atoms with Crippen LogP contribution in [0.1, 0.15) is 31.0 Å². The fraction of sp³-hybridized carbons (Fsp3) is 0.333. The first-order chi connectivity index (χ1) is 11.2. The van der Waals surface area contributed by atoms with E-state index in [4.69, 9.17) is 4.74 Å². The summed E-state index contributed by atoms with van der Waals surface area (Å²) in [7, 11) is 1.62. The van der Waals surface area contributed by atoms with Crippen LogP contribution in [0.5, 0.6) is 5.88 Å². The van der Waals surface area contributed by atoms with Crippen LogP contribution in [0.15, 0.2) is 53.7 Å². The van der Waals surface area contributed by atoms with Crippen LogP contribution in [0, 0.1) is 0 Å². The highest BCUT2D eigenvalue weighted by Gasteiger charge is 2.08. The highest BCUT2D eigenvalue weighted by Crippen LogP contribution is 2.15. The van der Waals surface area contributed by atoms with Gasteiger partial charge in [0.05, 0.1) is 19.7 Å². The minimum Gasteiger partial charge on any atom is -0.481 e. The molecule has 2 N–H and O–H groups in total. The first kappa shape index (κ1) is 20.2. The molecule has 0 fully saturated rings. The first-order valence-electron chi connectivity index (χ1n) is 7.82. The van der Waals surface area contributed by atoms with E-state index in [0.717, 1.165) is 18.1 Å². The lowest BCUT2D eigenvalue weighted by atomic mass is 10.1. The Labute approximate surface area is 161 Å². The predicted molar refractivity (Wildman–Crippen MR) is 109 cm³/mol. The standard InChI is InChI=1S/C18H24N4O.HI/c1-4-19-18(22-14(2)15-9-6-5-7-10-15)21-13-16-11-8-12-20-17(16)23-3;/h5-12,14H,4,13H2,1-3H3,(H2,19,21,22);1H. The van der Waals surface area contributed by atoms with Gasteiger partial charge in [0, 0.05) is 18.3 Å². The number of aromatic nitrogens is 1. The maximum absolute atomic E-state index is 5.27. The molecule has 0 saturated carbocycles. The van der Waals surface area contributed by atoms with Gasteiger partial charge < -0.3 is 15.4 Å². The van der Waals surface area contributed by atoms with Crippen LogP contribution in [-0.4, -0.2) is 24.6 Å². The molecule has 130 valence electrons. The van der Waals surface area contributed by atoms with Gasteiger partial charge in [-0.25, -0.2) is 9.98 Å². The zero-order valence-electron chi connectivity index (χ0n) is 14.3. The van der Waals surface area contributed by atoms with Crippen LogP contribution < -0.4 is 15.4 Å². The van der Waals surface area contributed by atoms with Gasteiger partial charge in [0.15, 0.2) is 5.96 Å². The molecule has 1 aromatic carbocycles. The summed E-state index contributed by atoms with van der Waals surface area (Å²) in [6.45, 7) is 5.48. The molecule has 0 radical (unpaired) electrons. The molecule has 2 rings (SSSR count). The number of hydrogen-bond acceptors (Lipinski definition) is 3. The quantitative estimate of drug-likeness (QED) is 0.410. The lowest BCUT2D eigenvalue weighted by Crippen LogP contribution is -2.38. The van der Waals surface area contributed by atoms with Gasteiger partial charge in [-0.2, -0.15) is 0 Å². The minimum absolute atomic E-state index is 0. The Hall–Kier alpha value is -1.83. The van der Waals surface area contributed by atoms with E-state index in [0.29, 0.717) is 12.4 Å². The molecule has 5 nitrogen and oxygen atoms in total. The molecule has 1 heterocycles. The average Bonchev–Trinajstić information content (AvgIpc) is 2.60. The summed E-state index contributed by atoms with van der Waals surface area (Å²) in [6.07, 6.45) is 1.72. The van der Waals surface area contributed by atoms with Crippen LogP contribution in [0.4, 0.5) is 0 Å². The summed E-state index contributed by atoms with van der Waals surface area (Å²) in [5, 5.41) is 6.69. The number of hydrogen-bond donors (Lipinski definition) is 2.